The second kappa shape index (κ2) is 4.37. The number of nitrogens with zero attached hydrogens (tertiary/aromatic N) is 2. The molecule has 0 radical (unpaired) electrons. The Morgan fingerprint density at radius 3 is 2.54 bits per heavy atom. The van der Waals surface area contributed by atoms with Gasteiger partial charge in [0.25, 0.3) is 0 Å². The molecule has 0 saturated heterocycles. The van der Waals surface area contributed by atoms with Crippen LogP contribution in [0, 0.1) is 0 Å². The van der Waals surface area contributed by atoms with Crippen LogP contribution in [0.15, 0.2) is 5.10 Å². The van der Waals surface area contributed by atoms with Crippen LogP contribution in [-0.4, -0.2) is 29.2 Å². The van der Waals surface area contributed by atoms with Crippen molar-refractivity contribution >= 4 is 11.6 Å². The maximum atomic E-state index is 11.5. The second-order valence-corrected chi connectivity index (χ2v) is 3.26. The van der Waals surface area contributed by atoms with Crippen LogP contribution in [0.25, 0.3) is 0 Å². The largest absolute Gasteiger partial charge is 0.325 e. The van der Waals surface area contributed by atoms with E-state index in [1.807, 2.05) is 0 Å². The first-order chi connectivity index (χ1) is 6.22. The molecule has 4 heteroatoms. The molecule has 0 aliphatic carbocycles. The van der Waals surface area contributed by atoms with E-state index in [1.54, 1.807) is 5.01 Å². The van der Waals surface area contributed by atoms with Crippen molar-refractivity contribution in [3.63, 3.8) is 0 Å². The van der Waals surface area contributed by atoms with Gasteiger partial charge in [0, 0.05) is 6.54 Å². The van der Waals surface area contributed by atoms with Gasteiger partial charge in [-0.1, -0.05) is 13.8 Å². The molecule has 1 aliphatic rings. The highest BCUT2D eigenvalue weighted by molar-refractivity contribution is 6.05. The standard InChI is InChI=1S/C9H17N3O/c1-3-8(4-2)12-9(13)5-7(6-10)11-12/h8H,3-6,10H2,1-2H3. The summed E-state index contributed by atoms with van der Waals surface area (Å²) in [7, 11) is 0. The van der Waals surface area contributed by atoms with E-state index < -0.39 is 0 Å². The van der Waals surface area contributed by atoms with Crippen molar-refractivity contribution in [3.8, 4) is 0 Å². The van der Waals surface area contributed by atoms with Crippen LogP contribution in [0.5, 0.6) is 0 Å². The first kappa shape index (κ1) is 10.2. The average Bonchev–Trinajstić information content (AvgIpc) is 2.50. The van der Waals surface area contributed by atoms with Gasteiger partial charge >= 0.3 is 0 Å². The van der Waals surface area contributed by atoms with Crippen molar-refractivity contribution in [1.29, 1.82) is 0 Å². The van der Waals surface area contributed by atoms with E-state index >= 15 is 0 Å². The Morgan fingerprint density at radius 1 is 1.54 bits per heavy atom. The Bertz CT molecular complexity index is 221. The van der Waals surface area contributed by atoms with Gasteiger partial charge in [0.1, 0.15) is 0 Å². The van der Waals surface area contributed by atoms with Gasteiger partial charge in [0.05, 0.1) is 18.2 Å². The van der Waals surface area contributed by atoms with Crippen molar-refractivity contribution < 1.29 is 4.79 Å². The number of hydrazone groups is 1. The van der Waals surface area contributed by atoms with Crippen molar-refractivity contribution in [3.05, 3.63) is 0 Å². The van der Waals surface area contributed by atoms with E-state index in [4.69, 9.17) is 5.73 Å². The normalized spacial score (nSPS) is 17.1. The Morgan fingerprint density at radius 2 is 2.15 bits per heavy atom. The summed E-state index contributed by atoms with van der Waals surface area (Å²) in [6.07, 6.45) is 2.31. The van der Waals surface area contributed by atoms with Crippen molar-refractivity contribution in [2.45, 2.75) is 39.2 Å². The SMILES string of the molecule is CCC(CC)N1N=C(CN)CC1=O. The van der Waals surface area contributed by atoms with Gasteiger partial charge in [-0.2, -0.15) is 5.10 Å². The molecular formula is C9H17N3O. The fourth-order valence-electron chi connectivity index (χ4n) is 1.53. The maximum absolute atomic E-state index is 11.5. The third kappa shape index (κ3) is 2.06. The minimum Gasteiger partial charge on any atom is -0.325 e. The summed E-state index contributed by atoms with van der Waals surface area (Å²) in [5.74, 6) is 0.0918. The molecule has 0 aromatic heterocycles. The predicted octanol–water partition coefficient (Wildman–Crippen LogP) is 0.722. The number of nitrogens with two attached hydrogens (primary N) is 1. The zero-order valence-electron chi connectivity index (χ0n) is 8.29. The molecule has 0 atom stereocenters. The lowest BCUT2D eigenvalue weighted by Crippen LogP contribution is -2.31. The first-order valence-electron chi connectivity index (χ1n) is 4.81. The zero-order valence-corrected chi connectivity index (χ0v) is 8.29. The van der Waals surface area contributed by atoms with E-state index in [1.165, 1.54) is 0 Å². The van der Waals surface area contributed by atoms with Gasteiger partial charge in [-0.25, -0.2) is 5.01 Å². The first-order valence-corrected chi connectivity index (χ1v) is 4.81. The Balaban J connectivity index is 2.68. The van der Waals surface area contributed by atoms with E-state index in [0.717, 1.165) is 18.6 Å². The third-order valence-electron chi connectivity index (χ3n) is 2.38. The van der Waals surface area contributed by atoms with Gasteiger partial charge < -0.3 is 5.73 Å². The van der Waals surface area contributed by atoms with E-state index in [0.29, 0.717) is 13.0 Å². The number of carbonyl (C=O) groups excluding carboxylic acids is 1. The van der Waals surface area contributed by atoms with Gasteiger partial charge in [0.15, 0.2) is 0 Å². The smallest absolute Gasteiger partial charge is 0.248 e. The lowest BCUT2D eigenvalue weighted by molar-refractivity contribution is -0.130. The molecule has 0 bridgehead atoms. The number of amides is 1. The molecule has 0 fully saturated rings. The fraction of sp³-hybridized carbons (Fsp3) is 0.778. The maximum Gasteiger partial charge on any atom is 0.248 e. The van der Waals surface area contributed by atoms with E-state index in [9.17, 15) is 4.79 Å². The highest BCUT2D eigenvalue weighted by Crippen LogP contribution is 2.16. The van der Waals surface area contributed by atoms with Crippen molar-refractivity contribution in [2.24, 2.45) is 10.8 Å². The molecule has 1 heterocycles. The molecular weight excluding hydrogens is 166 g/mol. The van der Waals surface area contributed by atoms with Crippen LogP contribution in [0.1, 0.15) is 33.1 Å². The fourth-order valence-corrected chi connectivity index (χ4v) is 1.53. The number of rotatable bonds is 4. The van der Waals surface area contributed by atoms with Crippen molar-refractivity contribution in [2.75, 3.05) is 6.54 Å². The molecule has 0 aromatic carbocycles. The van der Waals surface area contributed by atoms with Crippen LogP contribution in [-0.2, 0) is 4.79 Å². The van der Waals surface area contributed by atoms with Crippen LogP contribution in [0.3, 0.4) is 0 Å². The van der Waals surface area contributed by atoms with E-state index in [-0.39, 0.29) is 11.9 Å². The monoisotopic (exact) mass is 183 g/mol. The van der Waals surface area contributed by atoms with Gasteiger partial charge in [-0.3, -0.25) is 4.79 Å². The number of hydrogen-bond donors (Lipinski definition) is 1. The summed E-state index contributed by atoms with van der Waals surface area (Å²) in [5.41, 5.74) is 6.23. The molecule has 13 heavy (non-hydrogen) atoms. The molecule has 2 N–H and O–H groups in total. The van der Waals surface area contributed by atoms with Crippen LogP contribution in [0.4, 0.5) is 0 Å². The summed E-state index contributed by atoms with van der Waals surface area (Å²) in [5, 5.41) is 5.80. The summed E-state index contributed by atoms with van der Waals surface area (Å²) < 4.78 is 0. The topological polar surface area (TPSA) is 58.7 Å². The average molecular weight is 183 g/mol. The number of hydrogen-bond acceptors (Lipinski definition) is 3. The minimum absolute atomic E-state index is 0.0918. The highest BCUT2D eigenvalue weighted by atomic mass is 16.2. The van der Waals surface area contributed by atoms with Crippen molar-refractivity contribution in [1.82, 2.24) is 5.01 Å². The second-order valence-electron chi connectivity index (χ2n) is 3.26. The predicted molar refractivity (Wildman–Crippen MR) is 52.3 cm³/mol. The molecule has 0 saturated carbocycles. The quantitative estimate of drug-likeness (QED) is 0.698. The van der Waals surface area contributed by atoms with Crippen LogP contribution in [0.2, 0.25) is 0 Å². The van der Waals surface area contributed by atoms with Gasteiger partial charge in [0.2, 0.25) is 5.91 Å². The Hall–Kier alpha value is -0.900. The summed E-state index contributed by atoms with van der Waals surface area (Å²) in [6.45, 7) is 4.52. The lowest BCUT2D eigenvalue weighted by atomic mass is 10.1. The summed E-state index contributed by atoms with van der Waals surface area (Å²) in [6, 6.07) is 0.247. The highest BCUT2D eigenvalue weighted by Gasteiger charge is 2.27. The zero-order chi connectivity index (χ0) is 9.84. The summed E-state index contributed by atoms with van der Waals surface area (Å²) in [4.78, 5) is 11.5. The molecule has 0 spiro atoms. The molecule has 1 rings (SSSR count). The van der Waals surface area contributed by atoms with Crippen LogP contribution >= 0.6 is 0 Å². The van der Waals surface area contributed by atoms with Crippen LogP contribution < -0.4 is 5.73 Å². The molecule has 1 aliphatic heterocycles. The van der Waals surface area contributed by atoms with E-state index in [2.05, 4.69) is 18.9 Å². The Labute approximate surface area is 78.8 Å². The van der Waals surface area contributed by atoms with Gasteiger partial charge in [-0.05, 0) is 12.8 Å². The molecule has 0 unspecified atom stereocenters. The minimum atomic E-state index is 0.0918. The third-order valence-corrected chi connectivity index (χ3v) is 2.38. The molecule has 1 amide bonds. The molecule has 0 aromatic rings. The Kier molecular flexibility index (Phi) is 3.42. The molecule has 4 nitrogen and oxygen atoms in total. The number of carbonyl (C=O) groups is 1. The van der Waals surface area contributed by atoms with Gasteiger partial charge in [-0.15, -0.1) is 0 Å². The lowest BCUT2D eigenvalue weighted by Gasteiger charge is -2.21. The molecule has 74 valence electrons. The summed E-state index contributed by atoms with van der Waals surface area (Å²) >= 11 is 0.